The fraction of sp³-hybridized carbons (Fsp3) is 0.714. The average molecular weight is 250 g/mol. The monoisotopic (exact) mass is 250 g/mol. The molecule has 3 heteroatoms. The van der Waals surface area contributed by atoms with Crippen LogP contribution in [-0.2, 0) is 6.54 Å². The number of rotatable bonds is 2. The number of hydrogen-bond donors (Lipinski definition) is 1. The Morgan fingerprint density at radius 3 is 2.76 bits per heavy atom. The highest BCUT2D eigenvalue weighted by Crippen LogP contribution is 2.37. The molecule has 17 heavy (non-hydrogen) atoms. The second-order valence-corrected chi connectivity index (χ2v) is 6.73. The predicted molar refractivity (Wildman–Crippen MR) is 73.5 cm³/mol. The average Bonchev–Trinajstić information content (AvgIpc) is 2.94. The molecule has 94 valence electrons. The Balaban J connectivity index is 1.56. The van der Waals surface area contributed by atoms with Crippen molar-refractivity contribution < 1.29 is 0 Å². The summed E-state index contributed by atoms with van der Waals surface area (Å²) in [4.78, 5) is 4.20. The summed E-state index contributed by atoms with van der Waals surface area (Å²) in [5.41, 5.74) is 2.12. The summed E-state index contributed by atoms with van der Waals surface area (Å²) >= 11 is 1.91. The number of hydrogen-bond acceptors (Lipinski definition) is 3. The number of thiophene rings is 1. The van der Waals surface area contributed by atoms with Gasteiger partial charge in [-0.2, -0.15) is 0 Å². The molecule has 0 unspecified atom stereocenters. The van der Waals surface area contributed by atoms with Crippen LogP contribution in [0.15, 0.2) is 11.4 Å². The summed E-state index contributed by atoms with van der Waals surface area (Å²) < 4.78 is 0. The van der Waals surface area contributed by atoms with Gasteiger partial charge in [-0.3, -0.25) is 4.90 Å². The van der Waals surface area contributed by atoms with Crippen molar-refractivity contribution >= 4 is 11.3 Å². The fourth-order valence-electron chi connectivity index (χ4n) is 3.18. The molecule has 0 amide bonds. The largest absolute Gasteiger partial charge is 0.316 e. The van der Waals surface area contributed by atoms with Gasteiger partial charge in [-0.25, -0.2) is 0 Å². The zero-order valence-electron chi connectivity index (χ0n) is 10.7. The summed E-state index contributed by atoms with van der Waals surface area (Å²) in [5.74, 6) is 0. The van der Waals surface area contributed by atoms with Crippen LogP contribution < -0.4 is 5.32 Å². The first-order chi connectivity index (χ1) is 8.27. The lowest BCUT2D eigenvalue weighted by Crippen LogP contribution is -2.40. The third-order valence-corrected chi connectivity index (χ3v) is 5.59. The Kier molecular flexibility index (Phi) is 3.24. The Morgan fingerprint density at radius 2 is 2.18 bits per heavy atom. The lowest BCUT2D eigenvalue weighted by molar-refractivity contribution is 0.114. The van der Waals surface area contributed by atoms with Gasteiger partial charge in [0.15, 0.2) is 0 Å². The highest BCUT2D eigenvalue weighted by Gasteiger charge is 2.36. The third-order valence-electron chi connectivity index (χ3n) is 4.58. The zero-order valence-corrected chi connectivity index (χ0v) is 11.5. The van der Waals surface area contributed by atoms with Crippen molar-refractivity contribution in [1.82, 2.24) is 10.2 Å². The molecule has 3 heterocycles. The summed E-state index contributed by atoms with van der Waals surface area (Å²) in [6.45, 7) is 8.49. The molecule has 2 saturated heterocycles. The minimum absolute atomic E-state index is 0.654. The van der Waals surface area contributed by atoms with E-state index in [1.54, 1.807) is 4.88 Å². The minimum Gasteiger partial charge on any atom is -0.316 e. The van der Waals surface area contributed by atoms with Crippen molar-refractivity contribution in [2.45, 2.75) is 32.7 Å². The number of nitrogens with zero attached hydrogens (tertiary/aromatic N) is 1. The normalized spacial score (nSPS) is 24.5. The van der Waals surface area contributed by atoms with Crippen LogP contribution in [-0.4, -0.2) is 31.1 Å². The highest BCUT2D eigenvalue weighted by atomic mass is 32.1. The van der Waals surface area contributed by atoms with Gasteiger partial charge in [0.2, 0.25) is 0 Å². The highest BCUT2D eigenvalue weighted by molar-refractivity contribution is 7.10. The van der Waals surface area contributed by atoms with Crippen LogP contribution in [0.1, 0.15) is 29.7 Å². The third kappa shape index (κ3) is 2.42. The molecule has 2 aliphatic rings. The summed E-state index contributed by atoms with van der Waals surface area (Å²) in [6, 6.07) is 2.24. The zero-order chi connectivity index (χ0) is 11.7. The summed E-state index contributed by atoms with van der Waals surface area (Å²) in [6.07, 6.45) is 4.19. The molecular formula is C14H22N2S. The molecular weight excluding hydrogens is 228 g/mol. The first-order valence-corrected chi connectivity index (χ1v) is 7.62. The van der Waals surface area contributed by atoms with Gasteiger partial charge in [-0.1, -0.05) is 0 Å². The Labute approximate surface area is 108 Å². The standard InChI is InChI=1S/C14H22N2S/c1-12-2-9-17-13(12)10-16-7-4-14(5-8-16)3-6-15-11-14/h2,9,15H,3-8,10-11H2,1H3. The summed E-state index contributed by atoms with van der Waals surface area (Å²) in [5, 5.41) is 5.76. The van der Waals surface area contributed by atoms with E-state index < -0.39 is 0 Å². The molecule has 0 saturated carbocycles. The molecule has 1 aromatic rings. The molecule has 0 atom stereocenters. The topological polar surface area (TPSA) is 15.3 Å². The van der Waals surface area contributed by atoms with Crippen LogP contribution >= 0.6 is 11.3 Å². The SMILES string of the molecule is Cc1ccsc1CN1CCC2(CCNC2)CC1. The van der Waals surface area contributed by atoms with E-state index in [0.717, 1.165) is 0 Å². The van der Waals surface area contributed by atoms with Gasteiger partial charge in [0.25, 0.3) is 0 Å². The van der Waals surface area contributed by atoms with Gasteiger partial charge < -0.3 is 5.32 Å². The molecule has 2 fully saturated rings. The van der Waals surface area contributed by atoms with Crippen LogP contribution in [0.2, 0.25) is 0 Å². The minimum atomic E-state index is 0.654. The van der Waals surface area contributed by atoms with Gasteiger partial charge in [-0.05, 0) is 68.2 Å². The lowest BCUT2D eigenvalue weighted by Gasteiger charge is -2.38. The van der Waals surface area contributed by atoms with Crippen LogP contribution in [0, 0.1) is 12.3 Å². The maximum absolute atomic E-state index is 3.54. The maximum Gasteiger partial charge on any atom is 0.0330 e. The van der Waals surface area contributed by atoms with Gasteiger partial charge in [0.05, 0.1) is 0 Å². The van der Waals surface area contributed by atoms with Crippen molar-refractivity contribution in [3.63, 3.8) is 0 Å². The Bertz CT molecular complexity index is 369. The van der Waals surface area contributed by atoms with Crippen molar-refractivity contribution in [2.24, 2.45) is 5.41 Å². The smallest absolute Gasteiger partial charge is 0.0330 e. The van der Waals surface area contributed by atoms with Crippen LogP contribution in [0.25, 0.3) is 0 Å². The molecule has 0 bridgehead atoms. The van der Waals surface area contributed by atoms with Gasteiger partial charge >= 0.3 is 0 Å². The number of piperidine rings is 1. The molecule has 2 aliphatic heterocycles. The number of aryl methyl sites for hydroxylation is 1. The predicted octanol–water partition coefficient (Wildman–Crippen LogP) is 2.63. The number of likely N-dealkylation sites (tertiary alicyclic amines) is 1. The molecule has 0 radical (unpaired) electrons. The lowest BCUT2D eigenvalue weighted by atomic mass is 9.78. The van der Waals surface area contributed by atoms with Crippen molar-refractivity contribution in [2.75, 3.05) is 26.2 Å². The van der Waals surface area contributed by atoms with Gasteiger partial charge in [0.1, 0.15) is 0 Å². The molecule has 1 spiro atoms. The van der Waals surface area contributed by atoms with Crippen molar-refractivity contribution in [1.29, 1.82) is 0 Å². The molecule has 3 rings (SSSR count). The van der Waals surface area contributed by atoms with E-state index in [-0.39, 0.29) is 0 Å². The van der Waals surface area contributed by atoms with E-state index in [1.807, 2.05) is 11.3 Å². The van der Waals surface area contributed by atoms with Crippen LogP contribution in [0.3, 0.4) is 0 Å². The van der Waals surface area contributed by atoms with E-state index in [2.05, 4.69) is 28.6 Å². The number of nitrogens with one attached hydrogen (secondary N) is 1. The van der Waals surface area contributed by atoms with E-state index in [1.165, 1.54) is 57.5 Å². The quantitative estimate of drug-likeness (QED) is 0.868. The van der Waals surface area contributed by atoms with Crippen molar-refractivity contribution in [3.8, 4) is 0 Å². The first-order valence-electron chi connectivity index (χ1n) is 6.74. The fourth-order valence-corrected chi connectivity index (χ4v) is 4.12. The molecule has 2 nitrogen and oxygen atoms in total. The van der Waals surface area contributed by atoms with Gasteiger partial charge in [0, 0.05) is 18.0 Å². The second-order valence-electron chi connectivity index (χ2n) is 5.73. The maximum atomic E-state index is 3.54. The van der Waals surface area contributed by atoms with Crippen molar-refractivity contribution in [3.05, 3.63) is 21.9 Å². The molecule has 1 N–H and O–H groups in total. The molecule has 1 aromatic heterocycles. The van der Waals surface area contributed by atoms with Gasteiger partial charge in [-0.15, -0.1) is 11.3 Å². The van der Waals surface area contributed by atoms with Crippen LogP contribution in [0.5, 0.6) is 0 Å². The molecule has 0 aliphatic carbocycles. The molecule has 0 aromatic carbocycles. The Morgan fingerprint density at radius 1 is 1.35 bits per heavy atom. The van der Waals surface area contributed by atoms with Crippen LogP contribution in [0.4, 0.5) is 0 Å². The Hall–Kier alpha value is -0.380. The summed E-state index contributed by atoms with van der Waals surface area (Å²) in [7, 11) is 0. The second kappa shape index (κ2) is 4.71. The van der Waals surface area contributed by atoms with E-state index in [9.17, 15) is 0 Å². The van der Waals surface area contributed by atoms with E-state index in [4.69, 9.17) is 0 Å². The first kappa shape index (κ1) is 11.7. The van der Waals surface area contributed by atoms with E-state index in [0.29, 0.717) is 5.41 Å². The van der Waals surface area contributed by atoms with E-state index >= 15 is 0 Å².